The lowest BCUT2D eigenvalue weighted by molar-refractivity contribution is 0.0965. The lowest BCUT2D eigenvalue weighted by atomic mass is 10.1. The Kier molecular flexibility index (Phi) is 4.62. The van der Waals surface area contributed by atoms with Crippen molar-refractivity contribution in [2.24, 2.45) is 0 Å². The van der Waals surface area contributed by atoms with Gasteiger partial charge in [0.05, 0.1) is 4.88 Å². The van der Waals surface area contributed by atoms with Crippen LogP contribution >= 0.6 is 11.3 Å². The first-order valence-electron chi connectivity index (χ1n) is 7.68. The summed E-state index contributed by atoms with van der Waals surface area (Å²) in [6.45, 7) is 4.31. The molecule has 2 aromatic heterocycles. The Morgan fingerprint density at radius 2 is 1.87 bits per heavy atom. The average molecular weight is 326 g/mol. The van der Waals surface area contributed by atoms with E-state index in [1.54, 1.807) is 0 Å². The molecular formula is C17H18N4OS. The molecule has 0 radical (unpaired) electrons. The molecule has 0 saturated carbocycles. The zero-order valence-corrected chi connectivity index (χ0v) is 14.0. The molecule has 2 heterocycles. The predicted molar refractivity (Wildman–Crippen MR) is 90.7 cm³/mol. The standard InChI is InChI=1S/C17H18N4OS/c1-3-12-5-7-13(8-6-12)17-18-20-21(19-17)11-15(22)16-10-9-14(4-2)23-16/h5-10H,3-4,11H2,1-2H3. The van der Waals surface area contributed by atoms with Crippen LogP contribution in [0.3, 0.4) is 0 Å². The van der Waals surface area contributed by atoms with Crippen molar-refractivity contribution >= 4 is 17.1 Å². The number of Topliss-reactive ketones (excluding diaryl/α,β-unsaturated/α-hetero) is 1. The highest BCUT2D eigenvalue weighted by Gasteiger charge is 2.13. The van der Waals surface area contributed by atoms with Gasteiger partial charge >= 0.3 is 0 Å². The molecule has 3 rings (SSSR count). The average Bonchev–Trinajstić information content (AvgIpc) is 3.24. The van der Waals surface area contributed by atoms with Crippen molar-refractivity contribution in [2.45, 2.75) is 33.2 Å². The van der Waals surface area contributed by atoms with Gasteiger partial charge in [0.1, 0.15) is 6.54 Å². The quantitative estimate of drug-likeness (QED) is 0.651. The van der Waals surface area contributed by atoms with Gasteiger partial charge in [0.15, 0.2) is 5.78 Å². The summed E-state index contributed by atoms with van der Waals surface area (Å²) >= 11 is 1.53. The second kappa shape index (κ2) is 6.83. The van der Waals surface area contributed by atoms with Gasteiger partial charge in [-0.1, -0.05) is 38.1 Å². The summed E-state index contributed by atoms with van der Waals surface area (Å²) < 4.78 is 0. The fraction of sp³-hybridized carbons (Fsp3) is 0.294. The van der Waals surface area contributed by atoms with Crippen LogP contribution in [0, 0.1) is 0 Å². The number of rotatable bonds is 6. The maximum Gasteiger partial charge on any atom is 0.204 e. The third kappa shape index (κ3) is 3.53. The third-order valence-electron chi connectivity index (χ3n) is 3.64. The van der Waals surface area contributed by atoms with Crippen molar-refractivity contribution in [1.82, 2.24) is 20.2 Å². The molecule has 3 aromatic rings. The monoisotopic (exact) mass is 326 g/mol. The van der Waals surface area contributed by atoms with E-state index in [-0.39, 0.29) is 12.3 Å². The highest BCUT2D eigenvalue weighted by Crippen LogP contribution is 2.18. The van der Waals surface area contributed by atoms with Crippen molar-refractivity contribution < 1.29 is 4.79 Å². The van der Waals surface area contributed by atoms with Crippen LogP contribution in [0.5, 0.6) is 0 Å². The molecular weight excluding hydrogens is 308 g/mol. The van der Waals surface area contributed by atoms with E-state index in [9.17, 15) is 4.79 Å². The minimum absolute atomic E-state index is 0.0139. The van der Waals surface area contributed by atoms with E-state index in [1.807, 2.05) is 24.3 Å². The summed E-state index contributed by atoms with van der Waals surface area (Å²) in [7, 11) is 0. The molecule has 0 spiro atoms. The summed E-state index contributed by atoms with van der Waals surface area (Å²) in [6, 6.07) is 11.9. The Morgan fingerprint density at radius 3 is 2.52 bits per heavy atom. The van der Waals surface area contributed by atoms with Crippen LogP contribution in [0.15, 0.2) is 36.4 Å². The van der Waals surface area contributed by atoms with E-state index in [4.69, 9.17) is 0 Å². The maximum atomic E-state index is 12.3. The highest BCUT2D eigenvalue weighted by atomic mass is 32.1. The zero-order chi connectivity index (χ0) is 16.2. The highest BCUT2D eigenvalue weighted by molar-refractivity contribution is 7.14. The van der Waals surface area contributed by atoms with Gasteiger partial charge in [-0.05, 0) is 35.8 Å². The second-order valence-corrected chi connectivity index (χ2v) is 6.40. The van der Waals surface area contributed by atoms with Crippen LogP contribution < -0.4 is 0 Å². The lowest BCUT2D eigenvalue weighted by Crippen LogP contribution is -2.12. The number of aryl methyl sites for hydroxylation is 2. The minimum Gasteiger partial charge on any atom is -0.291 e. The van der Waals surface area contributed by atoms with E-state index in [1.165, 1.54) is 26.6 Å². The summed E-state index contributed by atoms with van der Waals surface area (Å²) in [5.74, 6) is 0.556. The zero-order valence-electron chi connectivity index (χ0n) is 13.2. The molecule has 6 heteroatoms. The topological polar surface area (TPSA) is 60.7 Å². The van der Waals surface area contributed by atoms with E-state index in [2.05, 4.69) is 41.4 Å². The normalized spacial score (nSPS) is 10.9. The molecule has 0 fully saturated rings. The Hall–Kier alpha value is -2.34. The molecule has 0 aliphatic rings. The van der Waals surface area contributed by atoms with Gasteiger partial charge in [0.2, 0.25) is 5.82 Å². The smallest absolute Gasteiger partial charge is 0.204 e. The fourth-order valence-corrected chi connectivity index (χ4v) is 3.12. The summed E-state index contributed by atoms with van der Waals surface area (Å²) in [4.78, 5) is 15.6. The second-order valence-electron chi connectivity index (χ2n) is 5.24. The number of ketones is 1. The van der Waals surface area contributed by atoms with Gasteiger partial charge in [-0.25, -0.2) is 0 Å². The molecule has 0 bridgehead atoms. The molecule has 0 aliphatic heterocycles. The van der Waals surface area contributed by atoms with Crippen molar-refractivity contribution in [1.29, 1.82) is 0 Å². The third-order valence-corrected chi connectivity index (χ3v) is 4.91. The van der Waals surface area contributed by atoms with Gasteiger partial charge in [-0.2, -0.15) is 4.80 Å². The van der Waals surface area contributed by atoms with E-state index in [0.29, 0.717) is 5.82 Å². The van der Waals surface area contributed by atoms with E-state index >= 15 is 0 Å². The van der Waals surface area contributed by atoms with Crippen molar-refractivity contribution in [3.05, 3.63) is 51.7 Å². The van der Waals surface area contributed by atoms with Gasteiger partial charge in [-0.15, -0.1) is 21.5 Å². The van der Waals surface area contributed by atoms with Crippen molar-refractivity contribution in [3.8, 4) is 11.4 Å². The summed E-state index contributed by atoms with van der Waals surface area (Å²) in [6.07, 6.45) is 1.94. The summed E-state index contributed by atoms with van der Waals surface area (Å²) in [5.41, 5.74) is 2.17. The molecule has 0 aliphatic carbocycles. The number of carbonyl (C=O) groups is 1. The Balaban J connectivity index is 1.72. The molecule has 118 valence electrons. The van der Waals surface area contributed by atoms with E-state index < -0.39 is 0 Å². The predicted octanol–water partition coefficient (Wildman–Crippen LogP) is 3.41. The number of carbonyl (C=O) groups excluding carboxylic acids is 1. The number of benzene rings is 1. The molecule has 0 amide bonds. The van der Waals surface area contributed by atoms with Gasteiger partial charge in [0, 0.05) is 10.4 Å². The Labute approximate surface area is 139 Å². The largest absolute Gasteiger partial charge is 0.291 e. The number of aromatic nitrogens is 4. The number of hydrogen-bond donors (Lipinski definition) is 0. The molecule has 0 N–H and O–H groups in total. The first-order chi connectivity index (χ1) is 11.2. The molecule has 1 aromatic carbocycles. The molecule has 0 saturated heterocycles. The fourth-order valence-electron chi connectivity index (χ4n) is 2.24. The first-order valence-corrected chi connectivity index (χ1v) is 8.50. The summed E-state index contributed by atoms with van der Waals surface area (Å²) in [5, 5.41) is 12.3. The number of tetrazole rings is 1. The number of hydrogen-bond acceptors (Lipinski definition) is 5. The SMILES string of the molecule is CCc1ccc(-c2nnn(CC(=O)c3ccc(CC)s3)n2)cc1. The van der Waals surface area contributed by atoms with Crippen LogP contribution in [-0.4, -0.2) is 26.0 Å². The first kappa shape index (κ1) is 15.6. The van der Waals surface area contributed by atoms with Crippen LogP contribution in [0.2, 0.25) is 0 Å². The van der Waals surface area contributed by atoms with Crippen LogP contribution in [0.4, 0.5) is 0 Å². The molecule has 0 atom stereocenters. The minimum atomic E-state index is 0.0139. The number of nitrogens with zero attached hydrogens (tertiary/aromatic N) is 4. The van der Waals surface area contributed by atoms with Crippen molar-refractivity contribution in [2.75, 3.05) is 0 Å². The Bertz CT molecular complexity index is 804. The van der Waals surface area contributed by atoms with Crippen LogP contribution in [0.25, 0.3) is 11.4 Å². The Morgan fingerprint density at radius 1 is 1.09 bits per heavy atom. The van der Waals surface area contributed by atoms with Crippen LogP contribution in [-0.2, 0) is 19.4 Å². The maximum absolute atomic E-state index is 12.3. The molecule has 0 unspecified atom stereocenters. The van der Waals surface area contributed by atoms with Gasteiger partial charge in [0.25, 0.3) is 0 Å². The lowest BCUT2D eigenvalue weighted by Gasteiger charge is -1.98. The number of thiophene rings is 1. The van der Waals surface area contributed by atoms with E-state index in [0.717, 1.165) is 23.3 Å². The van der Waals surface area contributed by atoms with Crippen LogP contribution in [0.1, 0.15) is 34.0 Å². The molecule has 23 heavy (non-hydrogen) atoms. The van der Waals surface area contributed by atoms with Gasteiger partial charge in [-0.3, -0.25) is 4.79 Å². The van der Waals surface area contributed by atoms with Crippen molar-refractivity contribution in [3.63, 3.8) is 0 Å². The van der Waals surface area contributed by atoms with Gasteiger partial charge < -0.3 is 0 Å². The molecule has 5 nitrogen and oxygen atoms in total.